The Kier molecular flexibility index (Phi) is 6.42. The molecule has 1 aliphatic heterocycles. The molecule has 0 radical (unpaired) electrons. The van der Waals surface area contributed by atoms with Gasteiger partial charge >= 0.3 is 0 Å². The summed E-state index contributed by atoms with van der Waals surface area (Å²) in [5.41, 5.74) is 1.29. The number of hydrogen-bond acceptors (Lipinski definition) is 5. The predicted molar refractivity (Wildman–Crippen MR) is 95.6 cm³/mol. The molecule has 0 aromatic carbocycles. The summed E-state index contributed by atoms with van der Waals surface area (Å²) in [6.45, 7) is 7.23. The summed E-state index contributed by atoms with van der Waals surface area (Å²) in [7, 11) is 0. The van der Waals surface area contributed by atoms with E-state index >= 15 is 0 Å². The van der Waals surface area contributed by atoms with Gasteiger partial charge in [-0.25, -0.2) is 4.68 Å². The molecule has 0 unspecified atom stereocenters. The third kappa shape index (κ3) is 4.58. The largest absolute Gasteiger partial charge is 0.376 e. The Hall–Kier alpha value is -1.47. The van der Waals surface area contributed by atoms with Gasteiger partial charge in [-0.05, 0) is 51.6 Å². The van der Waals surface area contributed by atoms with Gasteiger partial charge < -0.3 is 15.4 Å². The van der Waals surface area contributed by atoms with Crippen LogP contribution in [0.15, 0.2) is 0 Å². The molecule has 3 rings (SSSR count). The minimum Gasteiger partial charge on any atom is -0.376 e. The van der Waals surface area contributed by atoms with Crippen molar-refractivity contribution >= 4 is 5.91 Å². The summed E-state index contributed by atoms with van der Waals surface area (Å²) in [5.74, 6) is 0.467. The molecule has 2 fully saturated rings. The Morgan fingerprint density at radius 3 is 2.80 bits per heavy atom. The zero-order valence-electron chi connectivity index (χ0n) is 15.5. The highest BCUT2D eigenvalue weighted by atomic mass is 16.5. The van der Waals surface area contributed by atoms with Crippen molar-refractivity contribution in [1.82, 2.24) is 25.6 Å². The Bertz CT molecular complexity index is 568. The molecule has 1 aromatic heterocycles. The number of nitrogens with zero attached hydrogens (tertiary/aromatic N) is 3. The second-order valence-electron chi connectivity index (χ2n) is 7.38. The van der Waals surface area contributed by atoms with Gasteiger partial charge in [0.05, 0.1) is 24.4 Å². The number of rotatable bonds is 6. The van der Waals surface area contributed by atoms with Crippen LogP contribution in [0.3, 0.4) is 0 Å². The van der Waals surface area contributed by atoms with E-state index in [0.717, 1.165) is 38.0 Å². The summed E-state index contributed by atoms with van der Waals surface area (Å²) in [6.07, 6.45) is 7.34. The van der Waals surface area contributed by atoms with Crippen molar-refractivity contribution in [3.63, 3.8) is 0 Å². The third-order valence-electron chi connectivity index (χ3n) is 5.55. The van der Waals surface area contributed by atoms with E-state index in [1.165, 1.54) is 19.3 Å². The number of aromatic nitrogens is 3. The Balaban J connectivity index is 1.46. The standard InChI is InChI=1S/C18H31N5O2/c1-13-5-3-4-6-16(13)25-12-11-20-18(24)17-14(2)23(22-21-17)15-7-9-19-10-8-15/h13,15-16,19H,3-12H2,1-2H3,(H,20,24)/t13-,16-/m0/s1. The SMILES string of the molecule is Cc1c(C(=O)NCCO[C@H]2CCCC[C@@H]2C)nnn1C1CCNCC1. The molecular weight excluding hydrogens is 318 g/mol. The fourth-order valence-electron chi connectivity index (χ4n) is 3.94. The van der Waals surface area contributed by atoms with Crippen molar-refractivity contribution in [1.29, 1.82) is 0 Å². The molecule has 1 saturated heterocycles. The maximum Gasteiger partial charge on any atom is 0.273 e. The molecular formula is C18H31N5O2. The van der Waals surface area contributed by atoms with E-state index in [2.05, 4.69) is 27.9 Å². The highest BCUT2D eigenvalue weighted by Gasteiger charge is 2.23. The van der Waals surface area contributed by atoms with Crippen molar-refractivity contribution in [3.05, 3.63) is 11.4 Å². The number of amides is 1. The number of ether oxygens (including phenoxy) is 1. The van der Waals surface area contributed by atoms with Crippen molar-refractivity contribution in [2.45, 2.75) is 64.5 Å². The normalized spacial score (nSPS) is 25.0. The van der Waals surface area contributed by atoms with Crippen molar-refractivity contribution in [2.75, 3.05) is 26.2 Å². The van der Waals surface area contributed by atoms with Crippen LogP contribution in [0, 0.1) is 12.8 Å². The molecule has 7 heteroatoms. The summed E-state index contributed by atoms with van der Waals surface area (Å²) in [4.78, 5) is 12.4. The van der Waals surface area contributed by atoms with E-state index in [1.54, 1.807) is 0 Å². The summed E-state index contributed by atoms with van der Waals surface area (Å²) in [6, 6.07) is 0.339. The van der Waals surface area contributed by atoms with Crippen LogP contribution in [-0.4, -0.2) is 53.2 Å². The zero-order valence-corrected chi connectivity index (χ0v) is 15.5. The molecule has 0 spiro atoms. The highest BCUT2D eigenvalue weighted by molar-refractivity contribution is 5.93. The molecule has 2 atom stereocenters. The quantitative estimate of drug-likeness (QED) is 0.766. The monoisotopic (exact) mass is 349 g/mol. The molecule has 2 N–H and O–H groups in total. The topological polar surface area (TPSA) is 81.1 Å². The minimum atomic E-state index is -0.155. The van der Waals surface area contributed by atoms with E-state index in [1.807, 2.05) is 11.6 Å². The predicted octanol–water partition coefficient (Wildman–Crippen LogP) is 1.84. The number of carbonyl (C=O) groups excluding carboxylic acids is 1. The Morgan fingerprint density at radius 2 is 2.04 bits per heavy atom. The summed E-state index contributed by atoms with van der Waals surface area (Å²) in [5, 5.41) is 14.6. The molecule has 25 heavy (non-hydrogen) atoms. The lowest BCUT2D eigenvalue weighted by Crippen LogP contribution is -2.32. The van der Waals surface area contributed by atoms with Crippen LogP contribution in [0.2, 0.25) is 0 Å². The number of carbonyl (C=O) groups is 1. The molecule has 1 amide bonds. The molecule has 7 nitrogen and oxygen atoms in total. The van der Waals surface area contributed by atoms with E-state index in [-0.39, 0.29) is 5.91 Å². The molecule has 1 aliphatic carbocycles. The molecule has 1 aromatic rings. The van der Waals surface area contributed by atoms with Gasteiger partial charge in [-0.2, -0.15) is 0 Å². The number of nitrogens with one attached hydrogen (secondary N) is 2. The third-order valence-corrected chi connectivity index (χ3v) is 5.55. The first-order valence-electron chi connectivity index (χ1n) is 9.69. The van der Waals surface area contributed by atoms with Gasteiger partial charge in [-0.15, -0.1) is 5.10 Å². The van der Waals surface area contributed by atoms with Crippen molar-refractivity contribution in [3.8, 4) is 0 Å². The van der Waals surface area contributed by atoms with E-state index in [0.29, 0.717) is 36.9 Å². The lowest BCUT2D eigenvalue weighted by Gasteiger charge is -2.28. The van der Waals surface area contributed by atoms with Crippen LogP contribution in [0.1, 0.15) is 67.7 Å². The van der Waals surface area contributed by atoms with Crippen molar-refractivity contribution in [2.24, 2.45) is 5.92 Å². The zero-order chi connectivity index (χ0) is 17.6. The van der Waals surface area contributed by atoms with Gasteiger partial charge in [-0.1, -0.05) is 25.0 Å². The smallest absolute Gasteiger partial charge is 0.273 e. The van der Waals surface area contributed by atoms with E-state index in [4.69, 9.17) is 4.74 Å². The van der Waals surface area contributed by atoms with Crippen LogP contribution in [0.5, 0.6) is 0 Å². The second-order valence-corrected chi connectivity index (χ2v) is 7.38. The van der Waals surface area contributed by atoms with Gasteiger partial charge in [0.2, 0.25) is 0 Å². The average molecular weight is 349 g/mol. The van der Waals surface area contributed by atoms with Crippen LogP contribution < -0.4 is 10.6 Å². The first kappa shape index (κ1) is 18.3. The number of piperidine rings is 1. The maximum absolute atomic E-state index is 12.4. The fourth-order valence-corrected chi connectivity index (χ4v) is 3.94. The number of hydrogen-bond donors (Lipinski definition) is 2. The Labute approximate surface area is 149 Å². The van der Waals surface area contributed by atoms with Crippen molar-refractivity contribution < 1.29 is 9.53 Å². The van der Waals surface area contributed by atoms with Gasteiger partial charge in [0.15, 0.2) is 5.69 Å². The lowest BCUT2D eigenvalue weighted by molar-refractivity contribution is -0.00295. The molecule has 2 aliphatic rings. The minimum absolute atomic E-state index is 0.155. The van der Waals surface area contributed by atoms with E-state index in [9.17, 15) is 4.79 Å². The first-order chi connectivity index (χ1) is 12.2. The molecule has 0 bridgehead atoms. The molecule has 1 saturated carbocycles. The highest BCUT2D eigenvalue weighted by Crippen LogP contribution is 2.26. The van der Waals surface area contributed by atoms with Gasteiger partial charge in [0.25, 0.3) is 5.91 Å². The van der Waals surface area contributed by atoms with Crippen LogP contribution in [0.4, 0.5) is 0 Å². The van der Waals surface area contributed by atoms with Crippen LogP contribution in [-0.2, 0) is 4.74 Å². The van der Waals surface area contributed by atoms with Gasteiger partial charge in [0, 0.05) is 6.54 Å². The van der Waals surface area contributed by atoms with Gasteiger partial charge in [0.1, 0.15) is 0 Å². The molecule has 140 valence electrons. The summed E-state index contributed by atoms with van der Waals surface area (Å²) >= 11 is 0. The molecule has 2 heterocycles. The average Bonchev–Trinajstić information content (AvgIpc) is 3.02. The fraction of sp³-hybridized carbons (Fsp3) is 0.833. The first-order valence-corrected chi connectivity index (χ1v) is 9.69. The second kappa shape index (κ2) is 8.76. The Morgan fingerprint density at radius 1 is 1.28 bits per heavy atom. The van der Waals surface area contributed by atoms with E-state index < -0.39 is 0 Å². The lowest BCUT2D eigenvalue weighted by atomic mass is 9.88. The van der Waals surface area contributed by atoms with Gasteiger partial charge in [-0.3, -0.25) is 4.79 Å². The van der Waals surface area contributed by atoms with Crippen LogP contribution in [0.25, 0.3) is 0 Å². The van der Waals surface area contributed by atoms with Crippen LogP contribution >= 0.6 is 0 Å². The maximum atomic E-state index is 12.4. The summed E-state index contributed by atoms with van der Waals surface area (Å²) < 4.78 is 7.86.